The zero-order valence-electron chi connectivity index (χ0n) is 20.3. The second-order valence-corrected chi connectivity index (χ2v) is 9.19. The summed E-state index contributed by atoms with van der Waals surface area (Å²) in [5, 5.41) is 0. The molecule has 3 heterocycles. The summed E-state index contributed by atoms with van der Waals surface area (Å²) in [5.74, 6) is 0. The SMILES string of the molecule is O=C(OCCN(Cc1ccccc1)Cc1ccccc1)N1CCC(n2c(=O)[nH]c3ncccc32)CC1. The van der Waals surface area contributed by atoms with Gasteiger partial charge in [-0.05, 0) is 36.1 Å². The van der Waals surface area contributed by atoms with Crippen molar-refractivity contribution in [1.29, 1.82) is 0 Å². The smallest absolute Gasteiger partial charge is 0.409 e. The molecule has 1 N–H and O–H groups in total. The van der Waals surface area contributed by atoms with Crippen LogP contribution in [0, 0.1) is 0 Å². The number of carbonyl (C=O) groups excluding carboxylic acids is 1. The fourth-order valence-electron chi connectivity index (χ4n) is 4.88. The van der Waals surface area contributed by atoms with E-state index in [1.807, 2.05) is 48.5 Å². The second-order valence-electron chi connectivity index (χ2n) is 9.19. The molecule has 4 aromatic rings. The molecule has 1 fully saturated rings. The molecule has 1 aliphatic rings. The summed E-state index contributed by atoms with van der Waals surface area (Å²) in [6.45, 7) is 3.65. The van der Waals surface area contributed by atoms with Crippen molar-refractivity contribution in [3.05, 3.63) is 101 Å². The summed E-state index contributed by atoms with van der Waals surface area (Å²) in [5.41, 5.74) is 3.70. The molecule has 0 spiro atoms. The number of likely N-dealkylation sites (tertiary alicyclic amines) is 1. The average Bonchev–Trinajstić information content (AvgIpc) is 3.25. The van der Waals surface area contributed by atoms with Gasteiger partial charge >= 0.3 is 11.8 Å². The Morgan fingerprint density at radius 2 is 1.58 bits per heavy atom. The molecule has 1 saturated heterocycles. The predicted octanol–water partition coefficient (Wildman–Crippen LogP) is 4.20. The van der Waals surface area contributed by atoms with Gasteiger partial charge in [0, 0.05) is 45.0 Å². The number of aromatic nitrogens is 3. The molecular formula is C28H31N5O3. The molecule has 0 unspecified atom stereocenters. The molecule has 1 amide bonds. The molecule has 36 heavy (non-hydrogen) atoms. The number of rotatable bonds is 8. The summed E-state index contributed by atoms with van der Waals surface area (Å²) < 4.78 is 7.44. The van der Waals surface area contributed by atoms with E-state index in [1.165, 1.54) is 11.1 Å². The lowest BCUT2D eigenvalue weighted by Crippen LogP contribution is -2.41. The van der Waals surface area contributed by atoms with Crippen LogP contribution in [0.25, 0.3) is 11.2 Å². The van der Waals surface area contributed by atoms with Crippen LogP contribution in [-0.4, -0.2) is 56.7 Å². The van der Waals surface area contributed by atoms with Crippen LogP contribution in [0.2, 0.25) is 0 Å². The van der Waals surface area contributed by atoms with Gasteiger partial charge in [-0.1, -0.05) is 60.7 Å². The van der Waals surface area contributed by atoms with E-state index in [0.29, 0.717) is 44.7 Å². The molecule has 2 aromatic carbocycles. The van der Waals surface area contributed by atoms with Gasteiger partial charge in [-0.15, -0.1) is 0 Å². The molecule has 0 bridgehead atoms. The first-order chi connectivity index (χ1) is 17.7. The van der Waals surface area contributed by atoms with E-state index in [0.717, 1.165) is 18.6 Å². The number of carbonyl (C=O) groups is 1. The Morgan fingerprint density at radius 3 is 2.22 bits per heavy atom. The van der Waals surface area contributed by atoms with Crippen LogP contribution in [0.15, 0.2) is 83.8 Å². The van der Waals surface area contributed by atoms with Crippen LogP contribution >= 0.6 is 0 Å². The summed E-state index contributed by atoms with van der Waals surface area (Å²) in [6, 6.07) is 24.4. The first kappa shape index (κ1) is 23.8. The van der Waals surface area contributed by atoms with Crippen molar-refractivity contribution in [2.45, 2.75) is 32.0 Å². The van der Waals surface area contributed by atoms with Gasteiger partial charge in [-0.3, -0.25) is 14.5 Å². The van der Waals surface area contributed by atoms with E-state index in [4.69, 9.17) is 4.74 Å². The highest BCUT2D eigenvalue weighted by Gasteiger charge is 2.27. The molecular weight excluding hydrogens is 454 g/mol. The molecule has 5 rings (SSSR count). The van der Waals surface area contributed by atoms with Crippen molar-refractivity contribution < 1.29 is 9.53 Å². The normalized spacial score (nSPS) is 14.4. The van der Waals surface area contributed by atoms with Crippen LogP contribution in [0.4, 0.5) is 4.79 Å². The Morgan fingerprint density at radius 1 is 0.944 bits per heavy atom. The first-order valence-corrected chi connectivity index (χ1v) is 12.4. The highest BCUT2D eigenvalue weighted by Crippen LogP contribution is 2.24. The topological polar surface area (TPSA) is 83.5 Å². The summed E-state index contributed by atoms with van der Waals surface area (Å²) in [4.78, 5) is 36.3. The van der Waals surface area contributed by atoms with E-state index in [1.54, 1.807) is 15.7 Å². The molecule has 2 aromatic heterocycles. The van der Waals surface area contributed by atoms with Gasteiger partial charge in [0.15, 0.2) is 5.65 Å². The number of amides is 1. The minimum Gasteiger partial charge on any atom is -0.448 e. The summed E-state index contributed by atoms with van der Waals surface area (Å²) in [6.07, 6.45) is 2.78. The fourth-order valence-corrected chi connectivity index (χ4v) is 4.88. The van der Waals surface area contributed by atoms with Crippen molar-refractivity contribution in [3.63, 3.8) is 0 Å². The second kappa shape index (κ2) is 11.2. The Bertz CT molecular complexity index is 1290. The zero-order valence-corrected chi connectivity index (χ0v) is 20.3. The third kappa shape index (κ3) is 5.66. The van der Waals surface area contributed by atoms with Gasteiger partial charge in [0.25, 0.3) is 0 Å². The number of hydrogen-bond acceptors (Lipinski definition) is 5. The van der Waals surface area contributed by atoms with Gasteiger partial charge in [0.2, 0.25) is 0 Å². The molecule has 186 valence electrons. The number of imidazole rings is 1. The van der Waals surface area contributed by atoms with E-state index in [9.17, 15) is 9.59 Å². The lowest BCUT2D eigenvalue weighted by atomic mass is 10.1. The quantitative estimate of drug-likeness (QED) is 0.404. The number of nitrogens with one attached hydrogen (secondary N) is 1. The average molecular weight is 486 g/mol. The monoisotopic (exact) mass is 485 g/mol. The van der Waals surface area contributed by atoms with Crippen LogP contribution in [0.5, 0.6) is 0 Å². The van der Waals surface area contributed by atoms with Crippen molar-refractivity contribution in [2.24, 2.45) is 0 Å². The maximum Gasteiger partial charge on any atom is 0.409 e. The van der Waals surface area contributed by atoms with Crippen molar-refractivity contribution in [1.82, 2.24) is 24.3 Å². The minimum atomic E-state index is -0.291. The van der Waals surface area contributed by atoms with Gasteiger partial charge in [0.1, 0.15) is 6.61 Å². The molecule has 0 aliphatic carbocycles. The standard InChI is InChI=1S/C28H31N5O3/c34-27-30-26-25(12-7-15-29-26)33(27)24-13-16-32(17-14-24)28(35)36-19-18-31(20-22-8-3-1-4-9-22)21-23-10-5-2-6-11-23/h1-12,15,24H,13-14,16-21H2,(H,29,30,34). The van der Waals surface area contributed by atoms with Crippen LogP contribution in [0.3, 0.4) is 0 Å². The van der Waals surface area contributed by atoms with Gasteiger partial charge < -0.3 is 9.64 Å². The highest BCUT2D eigenvalue weighted by atomic mass is 16.6. The molecule has 8 nitrogen and oxygen atoms in total. The van der Waals surface area contributed by atoms with Crippen molar-refractivity contribution >= 4 is 17.3 Å². The third-order valence-electron chi connectivity index (χ3n) is 6.71. The van der Waals surface area contributed by atoms with E-state index >= 15 is 0 Å². The van der Waals surface area contributed by atoms with Gasteiger partial charge in [-0.2, -0.15) is 0 Å². The highest BCUT2D eigenvalue weighted by molar-refractivity contribution is 5.70. The number of pyridine rings is 1. The minimum absolute atomic E-state index is 0.0340. The number of benzene rings is 2. The number of H-pyrrole nitrogens is 1. The van der Waals surface area contributed by atoms with Crippen LogP contribution in [-0.2, 0) is 17.8 Å². The zero-order chi connectivity index (χ0) is 24.7. The number of aromatic amines is 1. The lowest BCUT2D eigenvalue weighted by molar-refractivity contribution is 0.0770. The van der Waals surface area contributed by atoms with E-state index < -0.39 is 0 Å². The van der Waals surface area contributed by atoms with Crippen molar-refractivity contribution in [3.8, 4) is 0 Å². The number of ether oxygens (including phenoxy) is 1. The molecule has 1 aliphatic heterocycles. The Kier molecular flexibility index (Phi) is 7.42. The predicted molar refractivity (Wildman–Crippen MR) is 139 cm³/mol. The van der Waals surface area contributed by atoms with Gasteiger partial charge in [-0.25, -0.2) is 14.6 Å². The number of fused-ring (bicyclic) bond motifs is 1. The fraction of sp³-hybridized carbons (Fsp3) is 0.321. The molecule has 0 saturated carbocycles. The maximum atomic E-state index is 12.8. The number of piperidine rings is 1. The molecule has 8 heteroatoms. The Balaban J connectivity index is 1.14. The van der Waals surface area contributed by atoms with E-state index in [-0.39, 0.29) is 17.8 Å². The molecule has 0 radical (unpaired) electrons. The van der Waals surface area contributed by atoms with Crippen LogP contribution in [0.1, 0.15) is 30.0 Å². The maximum absolute atomic E-state index is 12.8. The third-order valence-corrected chi connectivity index (χ3v) is 6.71. The Hall–Kier alpha value is -3.91. The number of hydrogen-bond donors (Lipinski definition) is 1. The Labute approximate surface area is 210 Å². The number of nitrogens with zero attached hydrogens (tertiary/aromatic N) is 4. The first-order valence-electron chi connectivity index (χ1n) is 12.4. The summed E-state index contributed by atoms with van der Waals surface area (Å²) >= 11 is 0. The summed E-state index contributed by atoms with van der Waals surface area (Å²) in [7, 11) is 0. The molecule has 0 atom stereocenters. The lowest BCUT2D eigenvalue weighted by Gasteiger charge is -2.32. The van der Waals surface area contributed by atoms with Crippen molar-refractivity contribution in [2.75, 3.05) is 26.2 Å². The van der Waals surface area contributed by atoms with Crippen LogP contribution < -0.4 is 5.69 Å². The van der Waals surface area contributed by atoms with Gasteiger partial charge in [0.05, 0.1) is 5.52 Å². The van der Waals surface area contributed by atoms with E-state index in [2.05, 4.69) is 39.1 Å². The largest absolute Gasteiger partial charge is 0.448 e.